The lowest BCUT2D eigenvalue weighted by atomic mass is 10.1. The molecule has 1 aromatic carbocycles. The third-order valence-corrected chi connectivity index (χ3v) is 2.60. The SMILES string of the molecule is CNCc1ccc(-c2ccc(C(=O)OC)cc2)o1.Cl. The minimum Gasteiger partial charge on any atom is -0.465 e. The van der Waals surface area contributed by atoms with Crippen molar-refractivity contribution in [2.45, 2.75) is 6.54 Å². The lowest BCUT2D eigenvalue weighted by Gasteiger charge is -2.01. The molecule has 0 aliphatic rings. The molecule has 0 fully saturated rings. The highest BCUT2D eigenvalue weighted by Crippen LogP contribution is 2.22. The highest BCUT2D eigenvalue weighted by molar-refractivity contribution is 5.89. The number of carbonyl (C=O) groups is 1. The Morgan fingerprint density at radius 3 is 2.47 bits per heavy atom. The summed E-state index contributed by atoms with van der Waals surface area (Å²) < 4.78 is 10.3. The van der Waals surface area contributed by atoms with Gasteiger partial charge in [-0.25, -0.2) is 4.79 Å². The summed E-state index contributed by atoms with van der Waals surface area (Å²) in [6.07, 6.45) is 0. The molecule has 0 aliphatic carbocycles. The van der Waals surface area contributed by atoms with E-state index in [1.54, 1.807) is 12.1 Å². The Hall–Kier alpha value is -1.78. The van der Waals surface area contributed by atoms with E-state index in [1.807, 2.05) is 31.3 Å². The van der Waals surface area contributed by atoms with Crippen molar-refractivity contribution >= 4 is 18.4 Å². The summed E-state index contributed by atoms with van der Waals surface area (Å²) in [6.45, 7) is 0.695. The molecule has 2 rings (SSSR count). The Labute approximate surface area is 118 Å². The molecule has 2 aromatic rings. The van der Waals surface area contributed by atoms with Crippen LogP contribution < -0.4 is 5.32 Å². The fourth-order valence-electron chi connectivity index (χ4n) is 1.69. The fourth-order valence-corrected chi connectivity index (χ4v) is 1.69. The van der Waals surface area contributed by atoms with Crippen molar-refractivity contribution in [2.24, 2.45) is 0 Å². The summed E-state index contributed by atoms with van der Waals surface area (Å²) in [5.74, 6) is 1.33. The van der Waals surface area contributed by atoms with Crippen LogP contribution in [0.15, 0.2) is 40.8 Å². The number of ether oxygens (including phenoxy) is 1. The summed E-state index contributed by atoms with van der Waals surface area (Å²) in [5.41, 5.74) is 1.47. The molecule has 0 saturated heterocycles. The normalized spacial score (nSPS) is 9.79. The third-order valence-electron chi connectivity index (χ3n) is 2.60. The van der Waals surface area contributed by atoms with Crippen molar-refractivity contribution in [3.63, 3.8) is 0 Å². The van der Waals surface area contributed by atoms with Gasteiger partial charge in [0.25, 0.3) is 0 Å². The molecule has 0 radical (unpaired) electrons. The van der Waals surface area contributed by atoms with Gasteiger partial charge in [-0.05, 0) is 31.3 Å². The van der Waals surface area contributed by atoms with E-state index in [-0.39, 0.29) is 18.4 Å². The maximum Gasteiger partial charge on any atom is 0.337 e. The van der Waals surface area contributed by atoms with Gasteiger partial charge in [-0.15, -0.1) is 12.4 Å². The standard InChI is InChI=1S/C14H15NO3.ClH/c1-15-9-12-7-8-13(18-12)10-3-5-11(6-4-10)14(16)17-2;/h3-8,15H,9H2,1-2H3;1H. The Morgan fingerprint density at radius 1 is 1.21 bits per heavy atom. The lowest BCUT2D eigenvalue weighted by Crippen LogP contribution is -2.03. The van der Waals surface area contributed by atoms with Crippen LogP contribution in [0.2, 0.25) is 0 Å². The van der Waals surface area contributed by atoms with Crippen LogP contribution in [-0.2, 0) is 11.3 Å². The molecule has 0 unspecified atom stereocenters. The highest BCUT2D eigenvalue weighted by Gasteiger charge is 2.07. The number of carbonyl (C=O) groups excluding carboxylic acids is 1. The van der Waals surface area contributed by atoms with Crippen molar-refractivity contribution in [2.75, 3.05) is 14.2 Å². The molecule has 4 nitrogen and oxygen atoms in total. The molecule has 1 N–H and O–H groups in total. The van der Waals surface area contributed by atoms with Crippen molar-refractivity contribution in [1.82, 2.24) is 5.32 Å². The Morgan fingerprint density at radius 2 is 1.89 bits per heavy atom. The summed E-state index contributed by atoms with van der Waals surface area (Å²) in [7, 11) is 3.24. The Bertz CT molecular complexity index is 534. The van der Waals surface area contributed by atoms with E-state index in [9.17, 15) is 4.79 Å². The molecule has 0 atom stereocenters. The molecule has 1 aromatic heterocycles. The number of furan rings is 1. The van der Waals surface area contributed by atoms with Gasteiger partial charge in [-0.1, -0.05) is 12.1 Å². The van der Waals surface area contributed by atoms with Crippen LogP contribution in [0.3, 0.4) is 0 Å². The minimum atomic E-state index is -0.336. The number of rotatable bonds is 4. The molecule has 0 amide bonds. The summed E-state index contributed by atoms with van der Waals surface area (Å²) in [4.78, 5) is 11.3. The number of hydrogen-bond acceptors (Lipinski definition) is 4. The molecule has 1 heterocycles. The average Bonchev–Trinajstić information content (AvgIpc) is 2.87. The smallest absolute Gasteiger partial charge is 0.337 e. The maximum absolute atomic E-state index is 11.3. The molecule has 0 spiro atoms. The predicted molar refractivity (Wildman–Crippen MR) is 75.5 cm³/mol. The average molecular weight is 282 g/mol. The lowest BCUT2D eigenvalue weighted by molar-refractivity contribution is 0.0601. The zero-order valence-corrected chi connectivity index (χ0v) is 11.6. The minimum absolute atomic E-state index is 0. The number of hydrogen-bond donors (Lipinski definition) is 1. The van der Waals surface area contributed by atoms with E-state index >= 15 is 0 Å². The molecule has 5 heteroatoms. The predicted octanol–water partition coefficient (Wildman–Crippen LogP) is 2.87. The van der Waals surface area contributed by atoms with Crippen molar-refractivity contribution < 1.29 is 13.9 Å². The second-order valence-corrected chi connectivity index (χ2v) is 3.87. The van der Waals surface area contributed by atoms with Gasteiger partial charge in [-0.3, -0.25) is 0 Å². The van der Waals surface area contributed by atoms with Gasteiger partial charge >= 0.3 is 5.97 Å². The first-order chi connectivity index (χ1) is 8.74. The van der Waals surface area contributed by atoms with Crippen LogP contribution in [-0.4, -0.2) is 20.1 Å². The van der Waals surface area contributed by atoms with Crippen molar-refractivity contribution in [3.8, 4) is 11.3 Å². The van der Waals surface area contributed by atoms with Crippen LogP contribution >= 0.6 is 12.4 Å². The van der Waals surface area contributed by atoms with Gasteiger partial charge in [0.15, 0.2) is 0 Å². The van der Waals surface area contributed by atoms with Gasteiger partial charge in [0, 0.05) is 5.56 Å². The molecule has 19 heavy (non-hydrogen) atoms. The van der Waals surface area contributed by atoms with Crippen LogP contribution in [0, 0.1) is 0 Å². The molecular formula is C14H16ClNO3. The van der Waals surface area contributed by atoms with E-state index in [2.05, 4.69) is 10.1 Å². The number of esters is 1. The first-order valence-corrected chi connectivity index (χ1v) is 5.66. The summed E-state index contributed by atoms with van der Waals surface area (Å²) in [5, 5.41) is 3.03. The number of benzene rings is 1. The summed E-state index contributed by atoms with van der Waals surface area (Å²) >= 11 is 0. The quantitative estimate of drug-likeness (QED) is 0.876. The molecular weight excluding hydrogens is 266 g/mol. The van der Waals surface area contributed by atoms with E-state index in [4.69, 9.17) is 4.42 Å². The summed E-state index contributed by atoms with van der Waals surface area (Å²) in [6, 6.07) is 11.0. The first kappa shape index (κ1) is 15.3. The second-order valence-electron chi connectivity index (χ2n) is 3.87. The van der Waals surface area contributed by atoms with Gasteiger partial charge in [0.1, 0.15) is 11.5 Å². The first-order valence-electron chi connectivity index (χ1n) is 5.66. The topological polar surface area (TPSA) is 51.5 Å². The zero-order valence-electron chi connectivity index (χ0n) is 10.8. The van der Waals surface area contributed by atoms with Crippen LogP contribution in [0.25, 0.3) is 11.3 Å². The molecule has 0 saturated carbocycles. The van der Waals surface area contributed by atoms with E-state index in [0.717, 1.165) is 17.1 Å². The van der Waals surface area contributed by atoms with Gasteiger partial charge < -0.3 is 14.5 Å². The number of nitrogens with one attached hydrogen (secondary N) is 1. The molecule has 102 valence electrons. The molecule has 0 aliphatic heterocycles. The van der Waals surface area contributed by atoms with Gasteiger partial charge in [0.05, 0.1) is 19.2 Å². The second kappa shape index (κ2) is 6.97. The maximum atomic E-state index is 11.3. The van der Waals surface area contributed by atoms with Gasteiger partial charge in [-0.2, -0.15) is 0 Å². The van der Waals surface area contributed by atoms with E-state index < -0.39 is 0 Å². The zero-order chi connectivity index (χ0) is 13.0. The van der Waals surface area contributed by atoms with Crippen LogP contribution in [0.1, 0.15) is 16.1 Å². The third kappa shape index (κ3) is 3.59. The largest absolute Gasteiger partial charge is 0.465 e. The van der Waals surface area contributed by atoms with E-state index in [0.29, 0.717) is 12.1 Å². The van der Waals surface area contributed by atoms with Crippen LogP contribution in [0.4, 0.5) is 0 Å². The number of methoxy groups -OCH3 is 1. The van der Waals surface area contributed by atoms with Gasteiger partial charge in [0.2, 0.25) is 0 Å². The molecule has 0 bridgehead atoms. The highest BCUT2D eigenvalue weighted by atomic mass is 35.5. The van der Waals surface area contributed by atoms with Crippen LogP contribution in [0.5, 0.6) is 0 Å². The number of halogens is 1. The van der Waals surface area contributed by atoms with Crippen molar-refractivity contribution in [3.05, 3.63) is 47.7 Å². The van der Waals surface area contributed by atoms with Crippen molar-refractivity contribution in [1.29, 1.82) is 0 Å². The van der Waals surface area contributed by atoms with E-state index in [1.165, 1.54) is 7.11 Å². The fraction of sp³-hybridized carbons (Fsp3) is 0.214. The monoisotopic (exact) mass is 281 g/mol. The Kier molecular flexibility index (Phi) is 5.60. The Balaban J connectivity index is 0.00000180.